The number of aromatic nitrogens is 2. The maximum Gasteiger partial charge on any atom is 0.259 e. The molecule has 1 aromatic heterocycles. The minimum Gasteiger partial charge on any atom is -0.352 e. The minimum absolute atomic E-state index is 0.356. The van der Waals surface area contributed by atoms with Gasteiger partial charge in [0.1, 0.15) is 17.2 Å². The van der Waals surface area contributed by atoms with Crippen LogP contribution in [-0.2, 0) is 0 Å². The fraction of sp³-hybridized carbons (Fsp3) is 0.190. The molecule has 0 radical (unpaired) electrons. The molecule has 1 saturated heterocycles. The Morgan fingerprint density at radius 2 is 1.46 bits per heavy atom. The maximum absolute atomic E-state index is 13.9. The zero-order valence-corrected chi connectivity index (χ0v) is 15.1. The Bertz CT molecular complexity index is 951. The zero-order chi connectivity index (χ0) is 19.5. The first-order valence-corrected chi connectivity index (χ1v) is 9.01. The van der Waals surface area contributed by atoms with Crippen molar-refractivity contribution in [3.63, 3.8) is 0 Å². The van der Waals surface area contributed by atoms with E-state index in [4.69, 9.17) is 0 Å². The lowest BCUT2D eigenvalue weighted by Gasteiger charge is -2.35. The number of amides is 1. The van der Waals surface area contributed by atoms with Crippen LogP contribution in [0.3, 0.4) is 0 Å². The molecule has 0 aliphatic carbocycles. The van der Waals surface area contributed by atoms with Gasteiger partial charge in [0, 0.05) is 31.7 Å². The molecule has 142 valence electrons. The van der Waals surface area contributed by atoms with E-state index in [1.54, 1.807) is 0 Å². The third-order valence-corrected chi connectivity index (χ3v) is 4.79. The molecule has 1 fully saturated rings. The first-order chi connectivity index (χ1) is 13.6. The smallest absolute Gasteiger partial charge is 0.259 e. The summed E-state index contributed by atoms with van der Waals surface area (Å²) in [5, 5.41) is 8.57. The van der Waals surface area contributed by atoms with Crippen molar-refractivity contribution in [3.8, 4) is 11.3 Å². The molecule has 0 atom stereocenters. The highest BCUT2D eigenvalue weighted by atomic mass is 19.1. The molecule has 0 unspecified atom stereocenters. The van der Waals surface area contributed by atoms with Gasteiger partial charge in [-0.1, -0.05) is 36.4 Å². The molecule has 0 saturated carbocycles. The van der Waals surface area contributed by atoms with E-state index in [-0.39, 0.29) is 0 Å². The third-order valence-electron chi connectivity index (χ3n) is 4.79. The van der Waals surface area contributed by atoms with Gasteiger partial charge < -0.3 is 9.80 Å². The lowest BCUT2D eigenvalue weighted by Crippen LogP contribution is -2.49. The average molecular weight is 380 g/mol. The SMILES string of the molecule is O=C(c1c(F)cccc1F)N1CCN(c2ccc(-c3ccccc3)nn2)CC1. The second-order valence-corrected chi connectivity index (χ2v) is 6.52. The van der Waals surface area contributed by atoms with Crippen molar-refractivity contribution in [2.24, 2.45) is 0 Å². The highest BCUT2D eigenvalue weighted by molar-refractivity contribution is 5.95. The summed E-state index contributed by atoms with van der Waals surface area (Å²) in [6.45, 7) is 1.74. The van der Waals surface area contributed by atoms with Crippen molar-refractivity contribution < 1.29 is 13.6 Å². The van der Waals surface area contributed by atoms with Crippen molar-refractivity contribution in [2.45, 2.75) is 0 Å². The molecule has 2 heterocycles. The Morgan fingerprint density at radius 3 is 2.07 bits per heavy atom. The molecule has 1 aliphatic rings. The molecule has 5 nitrogen and oxygen atoms in total. The van der Waals surface area contributed by atoms with E-state index >= 15 is 0 Å². The van der Waals surface area contributed by atoms with Crippen LogP contribution in [0.15, 0.2) is 60.7 Å². The van der Waals surface area contributed by atoms with Crippen molar-refractivity contribution in [1.29, 1.82) is 0 Å². The van der Waals surface area contributed by atoms with Crippen LogP contribution in [-0.4, -0.2) is 47.2 Å². The van der Waals surface area contributed by atoms with Gasteiger partial charge in [-0.15, -0.1) is 10.2 Å². The van der Waals surface area contributed by atoms with E-state index in [9.17, 15) is 13.6 Å². The van der Waals surface area contributed by atoms with Crippen LogP contribution in [0.25, 0.3) is 11.3 Å². The van der Waals surface area contributed by atoms with Gasteiger partial charge in [0.25, 0.3) is 5.91 Å². The predicted octanol–water partition coefficient (Wildman–Crippen LogP) is 3.38. The van der Waals surface area contributed by atoms with Crippen LogP contribution in [0, 0.1) is 11.6 Å². The monoisotopic (exact) mass is 380 g/mol. The van der Waals surface area contributed by atoms with Crippen LogP contribution >= 0.6 is 0 Å². The topological polar surface area (TPSA) is 49.3 Å². The molecule has 0 spiro atoms. The summed E-state index contributed by atoms with van der Waals surface area (Å²) in [5.41, 5.74) is 1.28. The molecular weight excluding hydrogens is 362 g/mol. The van der Waals surface area contributed by atoms with E-state index in [1.165, 1.54) is 11.0 Å². The summed E-state index contributed by atoms with van der Waals surface area (Å²) in [5.74, 6) is -1.59. The summed E-state index contributed by atoms with van der Waals surface area (Å²) in [6.07, 6.45) is 0. The lowest BCUT2D eigenvalue weighted by molar-refractivity contribution is 0.0736. The lowest BCUT2D eigenvalue weighted by atomic mass is 10.1. The van der Waals surface area contributed by atoms with Crippen LogP contribution in [0.5, 0.6) is 0 Å². The summed E-state index contributed by atoms with van der Waals surface area (Å²) < 4.78 is 27.7. The molecule has 0 N–H and O–H groups in total. The molecule has 28 heavy (non-hydrogen) atoms. The van der Waals surface area contributed by atoms with Crippen molar-refractivity contribution in [1.82, 2.24) is 15.1 Å². The summed E-state index contributed by atoms with van der Waals surface area (Å²) in [6, 6.07) is 17.0. The number of benzene rings is 2. The van der Waals surface area contributed by atoms with Gasteiger partial charge in [-0.05, 0) is 24.3 Å². The van der Waals surface area contributed by atoms with Crippen molar-refractivity contribution in [3.05, 3.63) is 77.9 Å². The number of rotatable bonds is 3. The number of hydrogen-bond acceptors (Lipinski definition) is 4. The van der Waals surface area contributed by atoms with Crippen LogP contribution in [0.4, 0.5) is 14.6 Å². The normalized spacial score (nSPS) is 14.2. The van der Waals surface area contributed by atoms with Crippen LogP contribution in [0.2, 0.25) is 0 Å². The second-order valence-electron chi connectivity index (χ2n) is 6.52. The number of nitrogens with zero attached hydrogens (tertiary/aromatic N) is 4. The van der Waals surface area contributed by atoms with Crippen molar-refractivity contribution in [2.75, 3.05) is 31.1 Å². The van der Waals surface area contributed by atoms with Gasteiger partial charge in [-0.25, -0.2) is 8.78 Å². The number of piperazine rings is 1. The van der Waals surface area contributed by atoms with E-state index in [2.05, 4.69) is 10.2 Å². The van der Waals surface area contributed by atoms with E-state index in [0.29, 0.717) is 32.0 Å². The average Bonchev–Trinajstić information content (AvgIpc) is 2.74. The molecule has 7 heteroatoms. The molecule has 1 amide bonds. The molecule has 2 aromatic carbocycles. The van der Waals surface area contributed by atoms with E-state index in [1.807, 2.05) is 47.4 Å². The summed E-state index contributed by atoms with van der Waals surface area (Å²) in [7, 11) is 0. The molecule has 0 bridgehead atoms. The second kappa shape index (κ2) is 7.72. The number of hydrogen-bond donors (Lipinski definition) is 0. The Morgan fingerprint density at radius 1 is 0.786 bits per heavy atom. The van der Waals surface area contributed by atoms with Gasteiger partial charge in [0.05, 0.1) is 5.69 Å². The minimum atomic E-state index is -0.838. The Labute approximate surface area is 161 Å². The number of halogens is 2. The number of anilines is 1. The number of carbonyl (C=O) groups is 1. The number of carbonyl (C=O) groups excluding carboxylic acids is 1. The first kappa shape index (κ1) is 18.0. The highest BCUT2D eigenvalue weighted by Crippen LogP contribution is 2.20. The van der Waals surface area contributed by atoms with E-state index < -0.39 is 23.1 Å². The fourth-order valence-electron chi connectivity index (χ4n) is 3.26. The van der Waals surface area contributed by atoms with Gasteiger partial charge >= 0.3 is 0 Å². The van der Waals surface area contributed by atoms with Gasteiger partial charge in [0.15, 0.2) is 5.82 Å². The van der Waals surface area contributed by atoms with E-state index in [0.717, 1.165) is 23.4 Å². The molecule has 3 aromatic rings. The van der Waals surface area contributed by atoms with Gasteiger partial charge in [-0.2, -0.15) is 0 Å². The quantitative estimate of drug-likeness (QED) is 0.699. The van der Waals surface area contributed by atoms with Crippen LogP contribution < -0.4 is 4.90 Å². The highest BCUT2D eigenvalue weighted by Gasteiger charge is 2.27. The standard InChI is InChI=1S/C21H18F2N4O/c22-16-7-4-8-17(23)20(16)21(28)27-13-11-26(12-14-27)19-10-9-18(24-25-19)15-5-2-1-3-6-15/h1-10H,11-14H2. The predicted molar refractivity (Wildman–Crippen MR) is 102 cm³/mol. The zero-order valence-electron chi connectivity index (χ0n) is 15.1. The largest absolute Gasteiger partial charge is 0.352 e. The molecular formula is C21H18F2N4O. The van der Waals surface area contributed by atoms with Crippen LogP contribution in [0.1, 0.15) is 10.4 Å². The molecule has 4 rings (SSSR count). The van der Waals surface area contributed by atoms with Gasteiger partial charge in [0.2, 0.25) is 0 Å². The molecule has 1 aliphatic heterocycles. The summed E-state index contributed by atoms with van der Waals surface area (Å²) >= 11 is 0. The Hall–Kier alpha value is -3.35. The third kappa shape index (κ3) is 3.55. The van der Waals surface area contributed by atoms with Gasteiger partial charge in [-0.3, -0.25) is 4.79 Å². The van der Waals surface area contributed by atoms with Crippen molar-refractivity contribution >= 4 is 11.7 Å². The first-order valence-electron chi connectivity index (χ1n) is 9.01. The Balaban J connectivity index is 1.42. The Kier molecular flexibility index (Phi) is 4.97. The summed E-state index contributed by atoms with van der Waals surface area (Å²) in [4.78, 5) is 16.0. The maximum atomic E-state index is 13.9. The fourth-order valence-corrected chi connectivity index (χ4v) is 3.26.